The van der Waals surface area contributed by atoms with Gasteiger partial charge in [-0.1, -0.05) is 0 Å². The van der Waals surface area contributed by atoms with Crippen molar-refractivity contribution in [1.29, 1.82) is 0 Å². The zero-order valence-corrected chi connectivity index (χ0v) is 11.9. The molecule has 0 spiro atoms. The third-order valence-corrected chi connectivity index (χ3v) is 3.28. The molecule has 0 aromatic heterocycles. The lowest BCUT2D eigenvalue weighted by Gasteiger charge is -2.11. The average molecular weight is 319 g/mol. The summed E-state index contributed by atoms with van der Waals surface area (Å²) in [7, 11) is 0. The summed E-state index contributed by atoms with van der Waals surface area (Å²) < 4.78 is 4.33. The minimum Gasteiger partial charge on any atom is -0.480 e. The predicted molar refractivity (Wildman–Crippen MR) is 72.6 cm³/mol. The first kappa shape index (κ1) is 18.5. The van der Waals surface area contributed by atoms with Gasteiger partial charge in [0.05, 0.1) is 18.8 Å². The average Bonchev–Trinajstić information content (AvgIpc) is 3.07. The lowest BCUT2D eigenvalue weighted by Crippen LogP contribution is -2.41. The molecule has 0 saturated carbocycles. The first-order chi connectivity index (χ1) is 10.4. The van der Waals surface area contributed by atoms with Gasteiger partial charge in [0, 0.05) is 0 Å². The largest absolute Gasteiger partial charge is 0.480 e. The van der Waals surface area contributed by atoms with Crippen LogP contribution in [-0.4, -0.2) is 77.2 Å². The van der Waals surface area contributed by atoms with Crippen LogP contribution < -0.4 is 16.4 Å². The SMILES string of the molecule is NCC(=O)OC(=O)[C@H]1NCCC1O.O=C(O)[C@H]1NCCC1O. The number of carbonyl (C=O) groups excluding carboxylic acids is 2. The van der Waals surface area contributed by atoms with E-state index in [4.69, 9.17) is 15.9 Å². The number of nitrogens with two attached hydrogens (primary N) is 1. The summed E-state index contributed by atoms with van der Waals surface area (Å²) in [6, 6.07) is -1.54. The van der Waals surface area contributed by atoms with Gasteiger partial charge in [-0.25, -0.2) is 4.79 Å². The van der Waals surface area contributed by atoms with Gasteiger partial charge in [0.2, 0.25) is 0 Å². The summed E-state index contributed by atoms with van der Waals surface area (Å²) in [5.41, 5.74) is 4.94. The van der Waals surface area contributed by atoms with Crippen LogP contribution in [-0.2, 0) is 19.1 Å². The van der Waals surface area contributed by atoms with Gasteiger partial charge < -0.3 is 36.4 Å². The van der Waals surface area contributed by atoms with Crippen LogP contribution in [0.15, 0.2) is 0 Å². The van der Waals surface area contributed by atoms with Gasteiger partial charge in [0.1, 0.15) is 12.1 Å². The molecule has 126 valence electrons. The number of aliphatic hydroxyl groups excluding tert-OH is 2. The van der Waals surface area contributed by atoms with Gasteiger partial charge in [-0.05, 0) is 25.9 Å². The second kappa shape index (κ2) is 8.76. The number of ether oxygens (including phenoxy) is 1. The number of carbonyl (C=O) groups is 3. The Bertz CT molecular complexity index is 418. The molecule has 7 N–H and O–H groups in total. The van der Waals surface area contributed by atoms with Gasteiger partial charge in [-0.3, -0.25) is 9.59 Å². The Morgan fingerprint density at radius 2 is 1.55 bits per heavy atom. The fourth-order valence-corrected chi connectivity index (χ4v) is 2.09. The fourth-order valence-electron chi connectivity index (χ4n) is 2.09. The van der Waals surface area contributed by atoms with Crippen LogP contribution in [0.2, 0.25) is 0 Å². The van der Waals surface area contributed by atoms with E-state index in [1.54, 1.807) is 0 Å². The summed E-state index contributed by atoms with van der Waals surface area (Å²) in [5, 5.41) is 31.9. The molecule has 2 saturated heterocycles. The molecule has 2 rings (SSSR count). The highest BCUT2D eigenvalue weighted by atomic mass is 16.6. The van der Waals surface area contributed by atoms with E-state index in [0.717, 1.165) is 0 Å². The second-order valence-corrected chi connectivity index (χ2v) is 4.91. The lowest BCUT2D eigenvalue weighted by atomic mass is 10.2. The minimum absolute atomic E-state index is 0.339. The van der Waals surface area contributed by atoms with Crippen LogP contribution in [0.25, 0.3) is 0 Å². The molecule has 2 unspecified atom stereocenters. The van der Waals surface area contributed by atoms with Crippen molar-refractivity contribution in [3.63, 3.8) is 0 Å². The van der Waals surface area contributed by atoms with Crippen LogP contribution in [0, 0.1) is 0 Å². The quantitative estimate of drug-likeness (QED) is 0.227. The molecule has 0 radical (unpaired) electrons. The number of aliphatic carboxylic acids is 1. The van der Waals surface area contributed by atoms with Crippen molar-refractivity contribution in [2.24, 2.45) is 5.73 Å². The number of rotatable bonds is 3. The highest BCUT2D eigenvalue weighted by Gasteiger charge is 2.33. The van der Waals surface area contributed by atoms with Gasteiger partial charge in [-0.2, -0.15) is 0 Å². The molecule has 0 amide bonds. The van der Waals surface area contributed by atoms with Gasteiger partial charge in [0.25, 0.3) is 0 Å². The standard InChI is InChI=1S/C7H12N2O4.C5H9NO3/c8-3-5(11)13-7(12)6-4(10)1-2-9-6;7-3-1-2-6-4(3)5(8)9/h4,6,9-10H,1-3,8H2;3-4,6-7H,1-2H2,(H,8,9)/t4?,6-;3?,4-/m00/s1. The lowest BCUT2D eigenvalue weighted by molar-refractivity contribution is -0.161. The smallest absolute Gasteiger partial charge is 0.333 e. The molecule has 0 bridgehead atoms. The number of carboxylic acids is 1. The molecule has 0 aliphatic carbocycles. The number of hydrogen-bond donors (Lipinski definition) is 6. The predicted octanol–water partition coefficient (Wildman–Crippen LogP) is -3.47. The Morgan fingerprint density at radius 1 is 1.05 bits per heavy atom. The third-order valence-electron chi connectivity index (χ3n) is 3.28. The Hall–Kier alpha value is -1.59. The molecule has 22 heavy (non-hydrogen) atoms. The first-order valence-electron chi connectivity index (χ1n) is 6.87. The maximum absolute atomic E-state index is 11.1. The van der Waals surface area contributed by atoms with E-state index in [-0.39, 0.29) is 6.54 Å². The van der Waals surface area contributed by atoms with Crippen molar-refractivity contribution < 1.29 is 34.4 Å². The maximum atomic E-state index is 11.1. The maximum Gasteiger partial charge on any atom is 0.333 e. The molecular formula is C12H21N3O7. The Balaban J connectivity index is 0.000000235. The van der Waals surface area contributed by atoms with E-state index < -0.39 is 42.2 Å². The Morgan fingerprint density at radius 3 is 1.86 bits per heavy atom. The zero-order valence-electron chi connectivity index (χ0n) is 11.9. The summed E-state index contributed by atoms with van der Waals surface area (Å²) in [6.45, 7) is 0.796. The highest BCUT2D eigenvalue weighted by molar-refractivity contribution is 5.89. The van der Waals surface area contributed by atoms with E-state index in [0.29, 0.717) is 25.9 Å². The van der Waals surface area contributed by atoms with Gasteiger partial charge >= 0.3 is 17.9 Å². The summed E-state index contributed by atoms with van der Waals surface area (Å²) in [5.74, 6) is -2.52. The van der Waals surface area contributed by atoms with Crippen molar-refractivity contribution in [2.45, 2.75) is 37.1 Å². The molecule has 10 heteroatoms. The fraction of sp³-hybridized carbons (Fsp3) is 0.750. The van der Waals surface area contributed by atoms with E-state index in [9.17, 15) is 19.5 Å². The van der Waals surface area contributed by atoms with Crippen LogP contribution in [0.5, 0.6) is 0 Å². The van der Waals surface area contributed by atoms with E-state index in [1.165, 1.54) is 0 Å². The van der Waals surface area contributed by atoms with Crippen molar-refractivity contribution in [3.8, 4) is 0 Å². The number of esters is 2. The van der Waals surface area contributed by atoms with Crippen molar-refractivity contribution >= 4 is 17.9 Å². The minimum atomic E-state index is -0.972. The van der Waals surface area contributed by atoms with E-state index in [1.807, 2.05) is 0 Å². The van der Waals surface area contributed by atoms with Crippen molar-refractivity contribution in [2.75, 3.05) is 19.6 Å². The van der Waals surface area contributed by atoms with E-state index >= 15 is 0 Å². The van der Waals surface area contributed by atoms with Crippen LogP contribution >= 0.6 is 0 Å². The molecule has 2 heterocycles. The van der Waals surface area contributed by atoms with Gasteiger partial charge in [0.15, 0.2) is 0 Å². The molecule has 2 aliphatic heterocycles. The summed E-state index contributed by atoms with van der Waals surface area (Å²) in [6.07, 6.45) is -0.464. The van der Waals surface area contributed by atoms with Gasteiger partial charge in [-0.15, -0.1) is 0 Å². The normalized spacial score (nSPS) is 30.3. The molecular weight excluding hydrogens is 298 g/mol. The molecule has 0 aromatic rings. The summed E-state index contributed by atoms with van der Waals surface area (Å²) >= 11 is 0. The van der Waals surface area contributed by atoms with Crippen LogP contribution in [0.4, 0.5) is 0 Å². The van der Waals surface area contributed by atoms with Crippen LogP contribution in [0.1, 0.15) is 12.8 Å². The van der Waals surface area contributed by atoms with Crippen LogP contribution in [0.3, 0.4) is 0 Å². The molecule has 10 nitrogen and oxygen atoms in total. The Kier molecular flexibility index (Phi) is 7.35. The Labute approximate surface area is 126 Å². The zero-order chi connectivity index (χ0) is 16.7. The molecule has 2 fully saturated rings. The van der Waals surface area contributed by atoms with Crippen molar-refractivity contribution in [3.05, 3.63) is 0 Å². The highest BCUT2D eigenvalue weighted by Crippen LogP contribution is 2.08. The van der Waals surface area contributed by atoms with E-state index in [2.05, 4.69) is 15.4 Å². The third kappa shape index (κ3) is 5.31. The number of hydrogen-bond acceptors (Lipinski definition) is 9. The summed E-state index contributed by atoms with van der Waals surface area (Å²) in [4.78, 5) is 31.9. The topological polar surface area (TPSA) is 171 Å². The number of nitrogens with one attached hydrogen (secondary N) is 2. The second-order valence-electron chi connectivity index (χ2n) is 4.91. The molecule has 4 atom stereocenters. The first-order valence-corrected chi connectivity index (χ1v) is 6.87. The van der Waals surface area contributed by atoms with Crippen molar-refractivity contribution in [1.82, 2.24) is 10.6 Å². The molecule has 0 aromatic carbocycles. The molecule has 2 aliphatic rings. The number of carboxylic acid groups (broad SMARTS) is 1. The number of aliphatic hydroxyl groups is 2. The monoisotopic (exact) mass is 319 g/mol.